The van der Waals surface area contributed by atoms with Crippen molar-refractivity contribution in [1.29, 1.82) is 0 Å². The molecule has 1 aromatic rings. The number of benzene rings is 1. The normalized spacial score (nSPS) is 12.5. The summed E-state index contributed by atoms with van der Waals surface area (Å²) < 4.78 is 5.95. The largest absolute Gasteiger partial charge is 0.396 e. The van der Waals surface area contributed by atoms with Gasteiger partial charge in [0.2, 0.25) is 0 Å². The van der Waals surface area contributed by atoms with Crippen LogP contribution < -0.4 is 0 Å². The van der Waals surface area contributed by atoms with E-state index in [1.807, 2.05) is 18.2 Å². The molecule has 0 unspecified atom stereocenters. The Morgan fingerprint density at radius 3 is 2.24 bits per heavy atom. The van der Waals surface area contributed by atoms with E-state index in [1.165, 1.54) is 50.5 Å². The molecule has 1 rings (SSSR count). The predicted molar refractivity (Wildman–Crippen MR) is 89.3 cm³/mol. The lowest BCUT2D eigenvalue weighted by atomic mass is 10.0. The van der Waals surface area contributed by atoms with Crippen LogP contribution in [0.1, 0.15) is 70.3 Å². The fourth-order valence-electron chi connectivity index (χ4n) is 2.57. The van der Waals surface area contributed by atoms with Crippen LogP contribution in [0.25, 0.3) is 0 Å². The standard InChI is InChI=1S/C19H32O2/c1-2-3-4-5-6-7-11-14-19(15-16-20)21-17-18-12-9-8-10-13-18/h8-10,12-13,19-20H,2-7,11,14-17H2,1H3/t19-/m0/s1. The van der Waals surface area contributed by atoms with E-state index in [4.69, 9.17) is 9.84 Å². The van der Waals surface area contributed by atoms with Gasteiger partial charge >= 0.3 is 0 Å². The number of aliphatic hydroxyl groups excluding tert-OH is 1. The van der Waals surface area contributed by atoms with Crippen LogP contribution in [0, 0.1) is 0 Å². The number of unbranched alkanes of at least 4 members (excludes halogenated alkanes) is 6. The average Bonchev–Trinajstić information content (AvgIpc) is 2.52. The summed E-state index contributed by atoms with van der Waals surface area (Å²) in [6, 6.07) is 10.3. The van der Waals surface area contributed by atoms with Crippen molar-refractivity contribution in [3.05, 3.63) is 35.9 Å². The Morgan fingerprint density at radius 2 is 1.57 bits per heavy atom. The van der Waals surface area contributed by atoms with E-state index in [2.05, 4.69) is 19.1 Å². The third-order valence-electron chi connectivity index (χ3n) is 3.91. The molecule has 0 amide bonds. The Labute approximate surface area is 130 Å². The highest BCUT2D eigenvalue weighted by Gasteiger charge is 2.08. The van der Waals surface area contributed by atoms with Crippen LogP contribution >= 0.6 is 0 Å². The lowest BCUT2D eigenvalue weighted by Crippen LogP contribution is -2.14. The Morgan fingerprint density at radius 1 is 0.905 bits per heavy atom. The third kappa shape index (κ3) is 9.65. The zero-order valence-electron chi connectivity index (χ0n) is 13.6. The quantitative estimate of drug-likeness (QED) is 0.513. The predicted octanol–water partition coefficient (Wildman–Crippen LogP) is 5.09. The van der Waals surface area contributed by atoms with Crippen molar-refractivity contribution < 1.29 is 9.84 Å². The van der Waals surface area contributed by atoms with Crippen LogP contribution in [-0.4, -0.2) is 17.8 Å². The van der Waals surface area contributed by atoms with E-state index in [-0.39, 0.29) is 12.7 Å². The molecule has 2 nitrogen and oxygen atoms in total. The van der Waals surface area contributed by atoms with Gasteiger partial charge in [0.05, 0.1) is 12.7 Å². The molecule has 0 aliphatic carbocycles. The topological polar surface area (TPSA) is 29.5 Å². The molecule has 0 aliphatic heterocycles. The first-order chi connectivity index (χ1) is 10.4. The van der Waals surface area contributed by atoms with Crippen molar-refractivity contribution >= 4 is 0 Å². The van der Waals surface area contributed by atoms with Crippen molar-refractivity contribution in [3.8, 4) is 0 Å². The molecular formula is C19H32O2. The first kappa shape index (κ1) is 18.2. The molecule has 0 saturated carbocycles. The van der Waals surface area contributed by atoms with E-state index in [9.17, 15) is 0 Å². The van der Waals surface area contributed by atoms with Gasteiger partial charge in [-0.15, -0.1) is 0 Å². The first-order valence-electron chi connectivity index (χ1n) is 8.63. The second kappa shape index (κ2) is 12.8. The molecule has 120 valence electrons. The molecule has 0 heterocycles. The van der Waals surface area contributed by atoms with Gasteiger partial charge in [-0.3, -0.25) is 0 Å². The highest BCUT2D eigenvalue weighted by Crippen LogP contribution is 2.14. The van der Waals surface area contributed by atoms with Crippen molar-refractivity contribution in [1.82, 2.24) is 0 Å². The Bertz CT molecular complexity index is 324. The second-order valence-electron chi connectivity index (χ2n) is 5.84. The van der Waals surface area contributed by atoms with Gasteiger partial charge in [-0.25, -0.2) is 0 Å². The van der Waals surface area contributed by atoms with Crippen LogP contribution in [0.5, 0.6) is 0 Å². The maximum Gasteiger partial charge on any atom is 0.0720 e. The molecule has 2 heteroatoms. The fourth-order valence-corrected chi connectivity index (χ4v) is 2.57. The highest BCUT2D eigenvalue weighted by molar-refractivity contribution is 5.13. The van der Waals surface area contributed by atoms with Gasteiger partial charge in [0.1, 0.15) is 0 Å². The van der Waals surface area contributed by atoms with E-state index < -0.39 is 0 Å². The van der Waals surface area contributed by atoms with Crippen LogP contribution in [0.2, 0.25) is 0 Å². The lowest BCUT2D eigenvalue weighted by molar-refractivity contribution is 0.0174. The van der Waals surface area contributed by atoms with E-state index in [1.54, 1.807) is 0 Å². The molecule has 21 heavy (non-hydrogen) atoms. The van der Waals surface area contributed by atoms with E-state index in [0.29, 0.717) is 6.61 Å². The summed E-state index contributed by atoms with van der Waals surface area (Å²) in [7, 11) is 0. The van der Waals surface area contributed by atoms with Gasteiger partial charge in [0, 0.05) is 6.61 Å². The van der Waals surface area contributed by atoms with Gasteiger partial charge in [0.25, 0.3) is 0 Å². The van der Waals surface area contributed by atoms with Crippen LogP contribution in [0.15, 0.2) is 30.3 Å². The summed E-state index contributed by atoms with van der Waals surface area (Å²) in [5.74, 6) is 0. The molecule has 1 N–H and O–H groups in total. The van der Waals surface area contributed by atoms with Gasteiger partial charge in [-0.05, 0) is 18.4 Å². The molecule has 0 aliphatic rings. The molecule has 0 radical (unpaired) electrons. The molecule has 0 saturated heterocycles. The van der Waals surface area contributed by atoms with Crippen LogP contribution in [-0.2, 0) is 11.3 Å². The van der Waals surface area contributed by atoms with Crippen molar-refractivity contribution in [2.45, 2.75) is 77.4 Å². The number of ether oxygens (including phenoxy) is 1. The molecule has 0 fully saturated rings. The Kier molecular flexibility index (Phi) is 11.1. The Hall–Kier alpha value is -0.860. The fraction of sp³-hybridized carbons (Fsp3) is 0.684. The van der Waals surface area contributed by atoms with Crippen molar-refractivity contribution in [3.63, 3.8) is 0 Å². The summed E-state index contributed by atoms with van der Waals surface area (Å²) in [5.41, 5.74) is 1.21. The summed E-state index contributed by atoms with van der Waals surface area (Å²) in [5, 5.41) is 9.15. The van der Waals surface area contributed by atoms with Crippen molar-refractivity contribution in [2.24, 2.45) is 0 Å². The van der Waals surface area contributed by atoms with Gasteiger partial charge in [-0.2, -0.15) is 0 Å². The summed E-state index contributed by atoms with van der Waals surface area (Å²) >= 11 is 0. The maximum absolute atomic E-state index is 9.15. The SMILES string of the molecule is CCCCCCCCC[C@@H](CCO)OCc1ccccc1. The first-order valence-corrected chi connectivity index (χ1v) is 8.63. The smallest absolute Gasteiger partial charge is 0.0720 e. The number of aliphatic hydroxyl groups is 1. The summed E-state index contributed by atoms with van der Waals surface area (Å²) in [6.45, 7) is 3.13. The summed E-state index contributed by atoms with van der Waals surface area (Å²) in [4.78, 5) is 0. The van der Waals surface area contributed by atoms with Crippen LogP contribution in [0.3, 0.4) is 0 Å². The highest BCUT2D eigenvalue weighted by atomic mass is 16.5. The second-order valence-corrected chi connectivity index (χ2v) is 5.84. The summed E-state index contributed by atoms with van der Waals surface area (Å²) in [6.07, 6.45) is 11.3. The minimum atomic E-state index is 0.200. The van der Waals surface area contributed by atoms with E-state index in [0.717, 1.165) is 12.8 Å². The Balaban J connectivity index is 2.12. The number of hydrogen-bond donors (Lipinski definition) is 1. The zero-order chi connectivity index (χ0) is 15.2. The molecular weight excluding hydrogens is 260 g/mol. The monoisotopic (exact) mass is 292 g/mol. The average molecular weight is 292 g/mol. The van der Waals surface area contributed by atoms with Gasteiger partial charge in [-0.1, -0.05) is 82.2 Å². The molecule has 1 atom stereocenters. The lowest BCUT2D eigenvalue weighted by Gasteiger charge is -2.17. The zero-order valence-corrected chi connectivity index (χ0v) is 13.6. The van der Waals surface area contributed by atoms with Gasteiger partial charge in [0.15, 0.2) is 0 Å². The van der Waals surface area contributed by atoms with Crippen LogP contribution in [0.4, 0.5) is 0 Å². The minimum absolute atomic E-state index is 0.200. The molecule has 0 aromatic heterocycles. The molecule has 0 spiro atoms. The van der Waals surface area contributed by atoms with E-state index >= 15 is 0 Å². The molecule has 1 aromatic carbocycles. The van der Waals surface area contributed by atoms with Crippen molar-refractivity contribution in [2.75, 3.05) is 6.61 Å². The number of rotatable bonds is 13. The molecule has 0 bridgehead atoms. The maximum atomic E-state index is 9.15. The van der Waals surface area contributed by atoms with Gasteiger partial charge < -0.3 is 9.84 Å². The minimum Gasteiger partial charge on any atom is -0.396 e. The third-order valence-corrected chi connectivity index (χ3v) is 3.91. The number of hydrogen-bond acceptors (Lipinski definition) is 2.